The molecule has 1 N–H and O–H groups in total. The Morgan fingerprint density at radius 2 is 2.00 bits per heavy atom. The Morgan fingerprint density at radius 1 is 1.12 bits per heavy atom. The third-order valence-electron chi connectivity index (χ3n) is 4.89. The van der Waals surface area contributed by atoms with E-state index in [0.29, 0.717) is 29.6 Å². The first kappa shape index (κ1) is 14.4. The van der Waals surface area contributed by atoms with Gasteiger partial charge in [-0.25, -0.2) is 0 Å². The number of H-pyrrole nitrogens is 1. The molecule has 0 radical (unpaired) electrons. The summed E-state index contributed by atoms with van der Waals surface area (Å²) in [6, 6.07) is 14.0. The normalized spacial score (nSPS) is 15.5. The monoisotopic (exact) mass is 334 g/mol. The van der Waals surface area contributed by atoms with E-state index < -0.39 is 0 Å². The highest BCUT2D eigenvalue weighted by Gasteiger charge is 2.34. The van der Waals surface area contributed by atoms with Crippen LogP contribution >= 0.6 is 0 Å². The van der Waals surface area contributed by atoms with Gasteiger partial charge in [-0.2, -0.15) is 0 Å². The number of aromatic nitrogens is 1. The van der Waals surface area contributed by atoms with E-state index >= 15 is 0 Å². The van der Waals surface area contributed by atoms with E-state index in [-0.39, 0.29) is 12.7 Å². The minimum absolute atomic E-state index is 0.0494. The maximum atomic E-state index is 13.1. The molecule has 0 atom stereocenters. The zero-order chi connectivity index (χ0) is 16.8. The molecular formula is C20H18N2O3. The van der Waals surface area contributed by atoms with Gasteiger partial charge in [-0.05, 0) is 48.7 Å². The van der Waals surface area contributed by atoms with Crippen molar-refractivity contribution in [2.75, 3.05) is 6.79 Å². The van der Waals surface area contributed by atoms with Crippen LogP contribution in [0, 0.1) is 0 Å². The molecule has 5 heteroatoms. The third-order valence-corrected chi connectivity index (χ3v) is 4.89. The van der Waals surface area contributed by atoms with Crippen LogP contribution in [0.4, 0.5) is 0 Å². The topological polar surface area (TPSA) is 54.6 Å². The zero-order valence-electron chi connectivity index (χ0n) is 13.7. The minimum Gasteiger partial charge on any atom is -0.454 e. The smallest absolute Gasteiger partial charge is 0.254 e. The van der Waals surface area contributed by atoms with Crippen LogP contribution in [-0.4, -0.2) is 28.6 Å². The van der Waals surface area contributed by atoms with Crippen LogP contribution in [0.1, 0.15) is 28.8 Å². The second kappa shape index (κ2) is 5.55. The Labute approximate surface area is 145 Å². The van der Waals surface area contributed by atoms with Crippen molar-refractivity contribution in [1.29, 1.82) is 0 Å². The average Bonchev–Trinajstić information content (AvgIpc) is 3.17. The number of nitrogens with one attached hydrogen (secondary N) is 1. The predicted octanol–water partition coefficient (Wildman–Crippen LogP) is 3.70. The molecule has 0 spiro atoms. The standard InChI is InChI=1S/C20H18N2O3/c23-20(13-4-7-18-19(10-13)25-12-24-18)22(15-5-6-15)11-14-2-1-3-17-16(14)8-9-21-17/h1-4,7-10,15,21H,5-6,11-12H2. The summed E-state index contributed by atoms with van der Waals surface area (Å²) in [5, 5.41) is 1.17. The lowest BCUT2D eigenvalue weighted by atomic mass is 10.1. The third kappa shape index (κ3) is 2.52. The number of rotatable bonds is 4. The Balaban J connectivity index is 1.47. The molecule has 1 fully saturated rings. The molecule has 0 saturated heterocycles. The highest BCUT2D eigenvalue weighted by molar-refractivity contribution is 5.95. The van der Waals surface area contributed by atoms with E-state index in [2.05, 4.69) is 23.2 Å². The molecule has 1 aromatic heterocycles. The summed E-state index contributed by atoms with van der Waals surface area (Å²) in [6.45, 7) is 0.835. The van der Waals surface area contributed by atoms with Crippen molar-refractivity contribution in [3.63, 3.8) is 0 Å². The van der Waals surface area contributed by atoms with Crippen LogP contribution in [0.5, 0.6) is 11.5 Å². The van der Waals surface area contributed by atoms with Crippen molar-refractivity contribution in [3.8, 4) is 11.5 Å². The van der Waals surface area contributed by atoms with E-state index in [1.54, 1.807) is 6.07 Å². The fourth-order valence-electron chi connectivity index (χ4n) is 3.42. The van der Waals surface area contributed by atoms with Crippen LogP contribution in [0.2, 0.25) is 0 Å². The number of nitrogens with zero attached hydrogens (tertiary/aromatic N) is 1. The Bertz CT molecular complexity index is 958. The van der Waals surface area contributed by atoms with Crippen LogP contribution < -0.4 is 9.47 Å². The molecule has 0 bridgehead atoms. The molecule has 126 valence electrons. The highest BCUT2D eigenvalue weighted by Crippen LogP contribution is 2.35. The zero-order valence-corrected chi connectivity index (χ0v) is 13.7. The lowest BCUT2D eigenvalue weighted by Gasteiger charge is -2.23. The lowest BCUT2D eigenvalue weighted by Crippen LogP contribution is -2.32. The van der Waals surface area contributed by atoms with Gasteiger partial charge in [0, 0.05) is 35.2 Å². The quantitative estimate of drug-likeness (QED) is 0.791. The average molecular weight is 334 g/mol. The first-order chi connectivity index (χ1) is 12.3. The number of benzene rings is 2. The largest absolute Gasteiger partial charge is 0.454 e. The summed E-state index contributed by atoms with van der Waals surface area (Å²) >= 11 is 0. The Hall–Kier alpha value is -2.95. The van der Waals surface area contributed by atoms with E-state index in [4.69, 9.17) is 9.47 Å². The van der Waals surface area contributed by atoms with Gasteiger partial charge in [-0.3, -0.25) is 4.79 Å². The van der Waals surface area contributed by atoms with Gasteiger partial charge in [0.25, 0.3) is 5.91 Å². The molecule has 0 unspecified atom stereocenters. The summed E-state index contributed by atoms with van der Waals surface area (Å²) in [4.78, 5) is 18.3. The fraction of sp³-hybridized carbons (Fsp3) is 0.250. The Kier molecular flexibility index (Phi) is 3.20. The second-order valence-electron chi connectivity index (χ2n) is 6.59. The predicted molar refractivity (Wildman–Crippen MR) is 93.8 cm³/mol. The maximum absolute atomic E-state index is 13.1. The van der Waals surface area contributed by atoms with Crippen LogP contribution in [0.25, 0.3) is 10.9 Å². The number of hydrogen-bond acceptors (Lipinski definition) is 3. The number of fused-ring (bicyclic) bond motifs is 2. The van der Waals surface area contributed by atoms with Gasteiger partial charge in [-0.1, -0.05) is 12.1 Å². The summed E-state index contributed by atoms with van der Waals surface area (Å²) in [7, 11) is 0. The van der Waals surface area contributed by atoms with Gasteiger partial charge in [0.15, 0.2) is 11.5 Å². The number of hydrogen-bond donors (Lipinski definition) is 1. The van der Waals surface area contributed by atoms with Crippen molar-refractivity contribution in [1.82, 2.24) is 9.88 Å². The van der Waals surface area contributed by atoms with Crippen molar-refractivity contribution in [2.45, 2.75) is 25.4 Å². The molecule has 3 aromatic rings. The number of carbonyl (C=O) groups excluding carboxylic acids is 1. The highest BCUT2D eigenvalue weighted by atomic mass is 16.7. The molecule has 1 aliphatic carbocycles. The van der Waals surface area contributed by atoms with Crippen molar-refractivity contribution in [2.24, 2.45) is 0 Å². The number of carbonyl (C=O) groups is 1. The van der Waals surface area contributed by atoms with Crippen molar-refractivity contribution in [3.05, 3.63) is 59.8 Å². The summed E-state index contributed by atoms with van der Waals surface area (Å²) in [6.07, 6.45) is 4.08. The molecule has 1 amide bonds. The fourth-order valence-corrected chi connectivity index (χ4v) is 3.42. The lowest BCUT2D eigenvalue weighted by molar-refractivity contribution is 0.0730. The number of aromatic amines is 1. The molecule has 5 rings (SSSR count). The maximum Gasteiger partial charge on any atom is 0.254 e. The second-order valence-corrected chi connectivity index (χ2v) is 6.59. The summed E-state index contributed by atoms with van der Waals surface area (Å²) in [5.41, 5.74) is 2.92. The number of amides is 1. The van der Waals surface area contributed by atoms with Crippen LogP contribution in [0.15, 0.2) is 48.7 Å². The van der Waals surface area contributed by atoms with Gasteiger partial charge in [0.1, 0.15) is 0 Å². The van der Waals surface area contributed by atoms with Gasteiger partial charge in [0.2, 0.25) is 6.79 Å². The molecule has 25 heavy (non-hydrogen) atoms. The van der Waals surface area contributed by atoms with E-state index in [1.165, 1.54) is 10.9 Å². The Morgan fingerprint density at radius 3 is 2.88 bits per heavy atom. The molecule has 2 aromatic carbocycles. The minimum atomic E-state index is 0.0494. The van der Waals surface area contributed by atoms with Gasteiger partial charge in [0.05, 0.1) is 0 Å². The molecule has 2 heterocycles. The SMILES string of the molecule is O=C(c1ccc2c(c1)OCO2)N(Cc1cccc2[nH]ccc12)C1CC1. The van der Waals surface area contributed by atoms with Crippen molar-refractivity contribution >= 4 is 16.8 Å². The first-order valence-electron chi connectivity index (χ1n) is 8.55. The first-order valence-corrected chi connectivity index (χ1v) is 8.55. The summed E-state index contributed by atoms with van der Waals surface area (Å²) in [5.74, 6) is 1.40. The molecule has 5 nitrogen and oxygen atoms in total. The molecule has 1 aliphatic heterocycles. The van der Waals surface area contributed by atoms with Crippen LogP contribution in [0.3, 0.4) is 0 Å². The van der Waals surface area contributed by atoms with Gasteiger partial charge in [-0.15, -0.1) is 0 Å². The van der Waals surface area contributed by atoms with Gasteiger partial charge >= 0.3 is 0 Å². The van der Waals surface area contributed by atoms with Gasteiger partial charge < -0.3 is 19.4 Å². The van der Waals surface area contributed by atoms with Crippen LogP contribution in [-0.2, 0) is 6.54 Å². The number of ether oxygens (including phenoxy) is 2. The molecule has 2 aliphatic rings. The molecule has 1 saturated carbocycles. The van der Waals surface area contributed by atoms with E-state index in [0.717, 1.165) is 18.4 Å². The molecular weight excluding hydrogens is 316 g/mol. The van der Waals surface area contributed by atoms with Crippen molar-refractivity contribution < 1.29 is 14.3 Å². The van der Waals surface area contributed by atoms with E-state index in [9.17, 15) is 4.79 Å². The van der Waals surface area contributed by atoms with E-state index in [1.807, 2.05) is 29.3 Å². The summed E-state index contributed by atoms with van der Waals surface area (Å²) < 4.78 is 10.8.